The summed E-state index contributed by atoms with van der Waals surface area (Å²) in [5.74, 6) is 0.0924. The Morgan fingerprint density at radius 3 is 2.19 bits per heavy atom. The first kappa shape index (κ1) is 28.4. The van der Waals surface area contributed by atoms with Gasteiger partial charge in [0, 0.05) is 12.3 Å². The molecule has 10 nitrogen and oxygen atoms in total. The summed E-state index contributed by atoms with van der Waals surface area (Å²) in [6.07, 6.45) is -0.817. The molecule has 0 spiro atoms. The van der Waals surface area contributed by atoms with Crippen LogP contribution >= 0.6 is 7.82 Å². The molecule has 32 heavy (non-hydrogen) atoms. The number of ether oxygens (including phenoxy) is 2. The molecule has 11 heteroatoms. The Morgan fingerprint density at radius 2 is 1.66 bits per heavy atom. The maximum atomic E-state index is 12.4. The van der Waals surface area contributed by atoms with Crippen LogP contribution in [0.5, 0.6) is 11.5 Å². The van der Waals surface area contributed by atoms with Crippen molar-refractivity contribution < 1.29 is 47.5 Å². The van der Waals surface area contributed by atoms with Gasteiger partial charge in [-0.05, 0) is 31.4 Å². The zero-order chi connectivity index (χ0) is 24.2. The molecular weight excluding hydrogens is 441 g/mol. The number of rotatable bonds is 17. The average Bonchev–Trinajstić information content (AvgIpc) is 2.69. The molecular formula is C21H36NO9P. The third-order valence-electron chi connectivity index (χ3n) is 4.36. The first-order valence-electron chi connectivity index (χ1n) is 10.6. The fourth-order valence-corrected chi connectivity index (χ4v) is 3.57. The number of carboxylic acid groups (broad SMARTS) is 1. The predicted molar refractivity (Wildman–Crippen MR) is 116 cm³/mol. The summed E-state index contributed by atoms with van der Waals surface area (Å²) in [7, 11) is 0.0572. The fourth-order valence-electron chi connectivity index (χ4n) is 2.62. The highest BCUT2D eigenvalue weighted by atomic mass is 31.2. The summed E-state index contributed by atoms with van der Waals surface area (Å²) in [6.45, 7) is 3.00. The average molecular weight is 477 g/mol. The lowest BCUT2D eigenvalue weighted by atomic mass is 10.2. The van der Waals surface area contributed by atoms with Gasteiger partial charge < -0.3 is 29.1 Å². The van der Waals surface area contributed by atoms with Gasteiger partial charge in [-0.2, -0.15) is 0 Å². The van der Waals surface area contributed by atoms with Crippen LogP contribution in [0, 0.1) is 0 Å². The molecule has 0 saturated heterocycles. The number of benzene rings is 1. The van der Waals surface area contributed by atoms with E-state index in [9.17, 15) is 19.4 Å². The number of hydrogen-bond acceptors (Lipinski definition) is 7. The molecule has 0 heterocycles. The van der Waals surface area contributed by atoms with Gasteiger partial charge in [-0.25, -0.2) is 4.57 Å². The van der Waals surface area contributed by atoms with Gasteiger partial charge >= 0.3 is 13.8 Å². The second kappa shape index (κ2) is 13.8. The largest absolute Gasteiger partial charge is 0.804 e. The Kier molecular flexibility index (Phi) is 12.2. The maximum Gasteiger partial charge on any atom is 0.472 e. The summed E-state index contributed by atoms with van der Waals surface area (Å²) < 4.78 is 33.1. The molecule has 0 aromatic heterocycles. The fraction of sp³-hybridized carbons (Fsp3) is 0.667. The molecule has 1 aromatic rings. The summed E-state index contributed by atoms with van der Waals surface area (Å²) >= 11 is 0. The Morgan fingerprint density at radius 1 is 1.09 bits per heavy atom. The SMILES string of the molecule is CCCCOc1cccc(OCCCCOP(=O)(O)O[C@H](CC(=O)O)C([O-])[N+](C)(C)C)c1. The standard InChI is InChI=1S/C21H36NO9P/c1-5-6-12-28-17-10-9-11-18(15-17)29-13-7-8-14-30-32(26,27)31-19(16-20(23)24)21(25)22(2,3)4/h9-11,15,19,21H,5-8,12-14,16H2,1-4H3,(H,23,24)(H,26,27)/t19-,21?/m1/s1. The Hall–Kier alpha value is -1.68. The molecule has 0 radical (unpaired) electrons. The lowest BCUT2D eigenvalue weighted by Gasteiger charge is -2.42. The number of phosphoric acid groups is 1. The predicted octanol–water partition coefficient (Wildman–Crippen LogP) is 2.39. The van der Waals surface area contributed by atoms with E-state index in [4.69, 9.17) is 23.6 Å². The molecule has 0 aliphatic carbocycles. The summed E-state index contributed by atoms with van der Waals surface area (Å²) in [6, 6.07) is 7.32. The van der Waals surface area contributed by atoms with E-state index in [1.807, 2.05) is 18.2 Å². The molecule has 0 aliphatic heterocycles. The summed E-state index contributed by atoms with van der Waals surface area (Å²) in [4.78, 5) is 20.9. The first-order chi connectivity index (χ1) is 14.9. The van der Waals surface area contributed by atoms with Gasteiger partial charge in [0.25, 0.3) is 0 Å². The van der Waals surface area contributed by atoms with Gasteiger partial charge in [-0.1, -0.05) is 19.4 Å². The number of unbranched alkanes of at least 4 members (excludes halogenated alkanes) is 2. The molecule has 1 rings (SSSR count). The topological polar surface area (TPSA) is 135 Å². The van der Waals surface area contributed by atoms with Gasteiger partial charge in [0.1, 0.15) is 17.6 Å². The Labute approximate surface area is 189 Å². The van der Waals surface area contributed by atoms with Crippen molar-refractivity contribution in [2.75, 3.05) is 41.0 Å². The van der Waals surface area contributed by atoms with Crippen molar-refractivity contribution in [1.82, 2.24) is 0 Å². The molecule has 2 N–H and O–H groups in total. The minimum atomic E-state index is -4.59. The number of phosphoric ester groups is 1. The van der Waals surface area contributed by atoms with E-state index in [-0.39, 0.29) is 11.1 Å². The van der Waals surface area contributed by atoms with Crippen molar-refractivity contribution in [3.8, 4) is 11.5 Å². The third kappa shape index (κ3) is 11.8. The van der Waals surface area contributed by atoms with Crippen LogP contribution in [0.4, 0.5) is 0 Å². The molecule has 184 valence electrons. The zero-order valence-corrected chi connectivity index (χ0v) is 20.2. The second-order valence-electron chi connectivity index (χ2n) is 8.28. The number of nitrogens with zero attached hydrogens (tertiary/aromatic N) is 1. The lowest BCUT2D eigenvalue weighted by molar-refractivity contribution is -0.973. The third-order valence-corrected chi connectivity index (χ3v) is 5.41. The normalized spacial score (nSPS) is 15.6. The molecule has 0 aliphatic rings. The molecule has 3 atom stereocenters. The molecule has 0 fully saturated rings. The molecule has 2 unspecified atom stereocenters. The molecule has 0 saturated carbocycles. The van der Waals surface area contributed by atoms with E-state index in [1.165, 1.54) is 0 Å². The van der Waals surface area contributed by atoms with Crippen LogP contribution in [0.3, 0.4) is 0 Å². The van der Waals surface area contributed by atoms with Crippen LogP contribution in [0.15, 0.2) is 24.3 Å². The van der Waals surface area contributed by atoms with E-state index in [2.05, 4.69) is 6.92 Å². The van der Waals surface area contributed by atoms with Gasteiger partial charge in [-0.3, -0.25) is 13.8 Å². The molecule has 0 bridgehead atoms. The minimum absolute atomic E-state index is 0.106. The Balaban J connectivity index is 2.40. The summed E-state index contributed by atoms with van der Waals surface area (Å²) in [5, 5.41) is 21.4. The second-order valence-corrected chi connectivity index (χ2v) is 9.69. The van der Waals surface area contributed by atoms with Crippen LogP contribution in [0.25, 0.3) is 0 Å². The lowest BCUT2D eigenvalue weighted by Crippen LogP contribution is -2.60. The number of carbonyl (C=O) groups is 1. The van der Waals surface area contributed by atoms with E-state index in [0.29, 0.717) is 31.8 Å². The molecule has 1 aromatic carbocycles. The van der Waals surface area contributed by atoms with Gasteiger partial charge in [0.15, 0.2) is 0 Å². The van der Waals surface area contributed by atoms with E-state index < -0.39 is 32.5 Å². The first-order valence-corrected chi connectivity index (χ1v) is 12.1. The monoisotopic (exact) mass is 477 g/mol. The van der Waals surface area contributed by atoms with Crippen molar-refractivity contribution in [3.05, 3.63) is 24.3 Å². The van der Waals surface area contributed by atoms with Crippen molar-refractivity contribution in [2.24, 2.45) is 0 Å². The number of likely N-dealkylation sites (N-methyl/N-ethyl adjacent to an activating group) is 1. The van der Waals surface area contributed by atoms with Crippen LogP contribution in [0.2, 0.25) is 0 Å². The smallest absolute Gasteiger partial charge is 0.472 e. The maximum absolute atomic E-state index is 12.4. The van der Waals surface area contributed by atoms with Crippen LogP contribution in [-0.2, 0) is 18.4 Å². The van der Waals surface area contributed by atoms with Gasteiger partial charge in [-0.15, -0.1) is 0 Å². The highest BCUT2D eigenvalue weighted by Crippen LogP contribution is 2.45. The van der Waals surface area contributed by atoms with Crippen molar-refractivity contribution >= 4 is 13.8 Å². The van der Waals surface area contributed by atoms with Crippen LogP contribution < -0.4 is 14.6 Å². The van der Waals surface area contributed by atoms with Crippen molar-refractivity contribution in [1.29, 1.82) is 0 Å². The number of hydrogen-bond donors (Lipinski definition) is 2. The Bertz CT molecular complexity index is 738. The van der Waals surface area contributed by atoms with Gasteiger partial charge in [0.2, 0.25) is 0 Å². The highest BCUT2D eigenvalue weighted by Gasteiger charge is 2.34. The number of carboxylic acids is 1. The van der Waals surface area contributed by atoms with Crippen molar-refractivity contribution in [3.63, 3.8) is 0 Å². The summed E-state index contributed by atoms with van der Waals surface area (Å²) in [5.41, 5.74) is 0. The van der Waals surface area contributed by atoms with Crippen LogP contribution in [0.1, 0.15) is 39.0 Å². The zero-order valence-electron chi connectivity index (χ0n) is 19.3. The highest BCUT2D eigenvalue weighted by molar-refractivity contribution is 7.47. The van der Waals surface area contributed by atoms with Crippen LogP contribution in [-0.4, -0.2) is 73.7 Å². The van der Waals surface area contributed by atoms with E-state index in [1.54, 1.807) is 27.2 Å². The number of quaternary nitrogens is 1. The quantitative estimate of drug-likeness (QED) is 0.150. The van der Waals surface area contributed by atoms with E-state index >= 15 is 0 Å². The van der Waals surface area contributed by atoms with E-state index in [0.717, 1.165) is 18.6 Å². The van der Waals surface area contributed by atoms with Gasteiger partial charge in [0.05, 0.1) is 47.4 Å². The van der Waals surface area contributed by atoms with Crippen molar-refractivity contribution in [2.45, 2.75) is 51.4 Å². The number of aliphatic carboxylic acids is 1. The minimum Gasteiger partial charge on any atom is -0.804 e. The molecule has 0 amide bonds.